The molecule has 0 spiro atoms. The minimum atomic E-state index is -3.82. The summed E-state index contributed by atoms with van der Waals surface area (Å²) in [6.45, 7) is 8.29. The molecule has 1 aliphatic rings. The fraction of sp³-hybridized carbons (Fsp3) is 0.481. The Morgan fingerprint density at radius 3 is 2.30 bits per heavy atom. The molecule has 1 N–H and O–H groups in total. The van der Waals surface area contributed by atoms with Gasteiger partial charge in [0.25, 0.3) is 0 Å². The van der Waals surface area contributed by atoms with Crippen LogP contribution in [0.4, 0.5) is 5.69 Å². The molecular formula is C27H37N3O6S. The number of sulfonamides is 1. The van der Waals surface area contributed by atoms with E-state index in [2.05, 4.69) is 5.32 Å². The lowest BCUT2D eigenvalue weighted by Gasteiger charge is -2.33. The first-order valence-electron chi connectivity index (χ1n) is 12.7. The standard InChI is InChI=1S/C27H37N3O6S/c1-5-14-28-27(32)23(6-2)29(18-21-10-8-20(4)9-11-21)26(31)19-30(37(33,34)7-3)22-12-13-24-25(17-22)36-16-15-35-24/h8-13,17,23H,5-7,14-16,18-19H2,1-4H3,(H,28,32)/t23-/m1/s1. The van der Waals surface area contributed by atoms with E-state index in [9.17, 15) is 18.0 Å². The van der Waals surface area contributed by atoms with Crippen molar-refractivity contribution in [3.63, 3.8) is 0 Å². The lowest BCUT2D eigenvalue weighted by molar-refractivity contribution is -0.140. The highest BCUT2D eigenvalue weighted by Gasteiger charge is 2.32. The van der Waals surface area contributed by atoms with E-state index in [0.717, 1.165) is 21.9 Å². The van der Waals surface area contributed by atoms with Gasteiger partial charge in [-0.05, 0) is 44.4 Å². The maximum absolute atomic E-state index is 13.8. The summed E-state index contributed by atoms with van der Waals surface area (Å²) in [7, 11) is -3.82. The van der Waals surface area contributed by atoms with Gasteiger partial charge in [-0.3, -0.25) is 13.9 Å². The Hall–Kier alpha value is -3.27. The monoisotopic (exact) mass is 531 g/mol. The van der Waals surface area contributed by atoms with Crippen molar-refractivity contribution in [2.45, 2.75) is 53.1 Å². The number of anilines is 1. The van der Waals surface area contributed by atoms with Gasteiger partial charge in [0.2, 0.25) is 21.8 Å². The van der Waals surface area contributed by atoms with Gasteiger partial charge in [-0.15, -0.1) is 0 Å². The minimum absolute atomic E-state index is 0.179. The highest BCUT2D eigenvalue weighted by Crippen LogP contribution is 2.35. The van der Waals surface area contributed by atoms with Gasteiger partial charge in [-0.25, -0.2) is 8.42 Å². The molecule has 1 aliphatic heterocycles. The lowest BCUT2D eigenvalue weighted by Crippen LogP contribution is -2.52. The number of hydrogen-bond donors (Lipinski definition) is 1. The third-order valence-corrected chi connectivity index (χ3v) is 7.94. The molecule has 0 aliphatic carbocycles. The largest absolute Gasteiger partial charge is 0.486 e. The number of carbonyl (C=O) groups excluding carboxylic acids is 2. The lowest BCUT2D eigenvalue weighted by atomic mass is 10.1. The Labute approximate surface area is 219 Å². The quantitative estimate of drug-likeness (QED) is 0.451. The van der Waals surface area contributed by atoms with Gasteiger partial charge in [0.15, 0.2) is 11.5 Å². The van der Waals surface area contributed by atoms with Gasteiger partial charge in [0.1, 0.15) is 25.8 Å². The number of ether oxygens (including phenoxy) is 2. The smallest absolute Gasteiger partial charge is 0.244 e. The van der Waals surface area contributed by atoms with Crippen LogP contribution in [-0.4, -0.2) is 63.2 Å². The van der Waals surface area contributed by atoms with E-state index in [1.54, 1.807) is 18.2 Å². The second-order valence-corrected chi connectivity index (χ2v) is 11.1. The molecule has 37 heavy (non-hydrogen) atoms. The van der Waals surface area contributed by atoms with Crippen LogP contribution in [0.3, 0.4) is 0 Å². The van der Waals surface area contributed by atoms with Crippen LogP contribution in [0.2, 0.25) is 0 Å². The van der Waals surface area contributed by atoms with E-state index in [1.165, 1.54) is 11.8 Å². The van der Waals surface area contributed by atoms with Gasteiger partial charge >= 0.3 is 0 Å². The maximum atomic E-state index is 13.8. The van der Waals surface area contributed by atoms with Crippen LogP contribution >= 0.6 is 0 Å². The van der Waals surface area contributed by atoms with E-state index >= 15 is 0 Å². The second-order valence-electron chi connectivity index (χ2n) is 8.96. The van der Waals surface area contributed by atoms with Crippen molar-refractivity contribution in [2.75, 3.05) is 36.4 Å². The molecule has 0 radical (unpaired) electrons. The number of amides is 2. The minimum Gasteiger partial charge on any atom is -0.486 e. The average molecular weight is 532 g/mol. The molecular weight excluding hydrogens is 494 g/mol. The first kappa shape index (κ1) is 28.3. The Kier molecular flexibility index (Phi) is 9.79. The number of aryl methyl sites for hydroxylation is 1. The third-order valence-electron chi connectivity index (χ3n) is 6.20. The van der Waals surface area contributed by atoms with Crippen LogP contribution in [0.25, 0.3) is 0 Å². The average Bonchev–Trinajstić information content (AvgIpc) is 2.90. The zero-order valence-corrected chi connectivity index (χ0v) is 22.8. The van der Waals surface area contributed by atoms with Crippen molar-refractivity contribution < 1.29 is 27.5 Å². The fourth-order valence-electron chi connectivity index (χ4n) is 4.08. The number of hydrogen-bond acceptors (Lipinski definition) is 6. The molecule has 0 saturated heterocycles. The van der Waals surface area contributed by atoms with Crippen molar-refractivity contribution in [2.24, 2.45) is 0 Å². The van der Waals surface area contributed by atoms with Gasteiger partial charge < -0.3 is 19.7 Å². The summed E-state index contributed by atoms with van der Waals surface area (Å²) in [5.41, 5.74) is 2.23. The summed E-state index contributed by atoms with van der Waals surface area (Å²) in [4.78, 5) is 28.3. The number of benzene rings is 2. The molecule has 0 aromatic heterocycles. The van der Waals surface area contributed by atoms with Crippen molar-refractivity contribution in [1.82, 2.24) is 10.2 Å². The number of carbonyl (C=O) groups is 2. The number of nitrogens with one attached hydrogen (secondary N) is 1. The van der Waals surface area contributed by atoms with Crippen LogP contribution in [0, 0.1) is 6.92 Å². The van der Waals surface area contributed by atoms with Crippen molar-refractivity contribution >= 4 is 27.5 Å². The molecule has 2 aromatic carbocycles. The van der Waals surface area contributed by atoms with Gasteiger partial charge in [-0.1, -0.05) is 43.7 Å². The summed E-state index contributed by atoms with van der Waals surface area (Å²) in [6, 6.07) is 11.8. The summed E-state index contributed by atoms with van der Waals surface area (Å²) in [5.74, 6) is 0.0326. The maximum Gasteiger partial charge on any atom is 0.244 e. The van der Waals surface area contributed by atoms with Crippen LogP contribution in [-0.2, 0) is 26.2 Å². The SMILES string of the molecule is CCCNC(=O)[C@@H](CC)N(Cc1ccc(C)cc1)C(=O)CN(c1ccc2c(c1)OCCO2)S(=O)(=O)CC. The van der Waals surface area contributed by atoms with Crippen LogP contribution in [0.1, 0.15) is 44.7 Å². The predicted octanol–water partition coefficient (Wildman–Crippen LogP) is 3.26. The molecule has 1 heterocycles. The number of rotatable bonds is 12. The molecule has 0 saturated carbocycles. The second kappa shape index (κ2) is 12.8. The van der Waals surface area contributed by atoms with Gasteiger partial charge in [0.05, 0.1) is 11.4 Å². The topological polar surface area (TPSA) is 105 Å². The van der Waals surface area contributed by atoms with Crippen molar-refractivity contribution in [3.05, 3.63) is 53.6 Å². The molecule has 0 fully saturated rings. The van der Waals surface area contributed by atoms with E-state index in [-0.39, 0.29) is 18.2 Å². The first-order valence-corrected chi connectivity index (χ1v) is 14.3. The Morgan fingerprint density at radius 2 is 1.68 bits per heavy atom. The molecule has 0 bridgehead atoms. The van der Waals surface area contributed by atoms with E-state index in [0.29, 0.717) is 43.4 Å². The first-order chi connectivity index (χ1) is 17.7. The molecule has 1 atom stereocenters. The molecule has 2 amide bonds. The Balaban J connectivity index is 1.96. The molecule has 0 unspecified atom stereocenters. The molecule has 10 heteroatoms. The Bertz CT molecular complexity index is 1180. The van der Waals surface area contributed by atoms with E-state index in [1.807, 2.05) is 45.0 Å². The van der Waals surface area contributed by atoms with Crippen LogP contribution in [0.15, 0.2) is 42.5 Å². The Morgan fingerprint density at radius 1 is 1.00 bits per heavy atom. The number of fused-ring (bicyclic) bond motifs is 1. The number of nitrogens with zero attached hydrogens (tertiary/aromatic N) is 2. The van der Waals surface area contributed by atoms with Crippen molar-refractivity contribution in [1.29, 1.82) is 0 Å². The fourth-order valence-corrected chi connectivity index (χ4v) is 5.14. The summed E-state index contributed by atoms with van der Waals surface area (Å²) in [6.07, 6.45) is 1.15. The zero-order valence-electron chi connectivity index (χ0n) is 22.0. The molecule has 9 nitrogen and oxygen atoms in total. The summed E-state index contributed by atoms with van der Waals surface area (Å²) < 4.78 is 38.6. The van der Waals surface area contributed by atoms with E-state index in [4.69, 9.17) is 9.47 Å². The molecule has 2 aromatic rings. The van der Waals surface area contributed by atoms with Crippen LogP contribution in [0.5, 0.6) is 11.5 Å². The zero-order chi connectivity index (χ0) is 27.0. The van der Waals surface area contributed by atoms with Crippen molar-refractivity contribution in [3.8, 4) is 11.5 Å². The van der Waals surface area contributed by atoms with Gasteiger partial charge in [0, 0.05) is 19.2 Å². The summed E-state index contributed by atoms with van der Waals surface area (Å²) >= 11 is 0. The van der Waals surface area contributed by atoms with Gasteiger partial charge in [-0.2, -0.15) is 0 Å². The normalized spacial score (nSPS) is 13.5. The molecule has 202 valence electrons. The predicted molar refractivity (Wildman–Crippen MR) is 143 cm³/mol. The summed E-state index contributed by atoms with van der Waals surface area (Å²) in [5, 5.41) is 2.88. The molecule has 3 rings (SSSR count). The third kappa shape index (κ3) is 7.15. The van der Waals surface area contributed by atoms with Crippen LogP contribution < -0.4 is 19.1 Å². The van der Waals surface area contributed by atoms with E-state index < -0.39 is 28.5 Å². The highest BCUT2D eigenvalue weighted by atomic mass is 32.2. The highest BCUT2D eigenvalue weighted by molar-refractivity contribution is 7.92.